The lowest BCUT2D eigenvalue weighted by Gasteiger charge is -2.10. The molecule has 0 fully saturated rings. The van der Waals surface area contributed by atoms with Crippen LogP contribution in [0.5, 0.6) is 5.75 Å². The second-order valence-corrected chi connectivity index (χ2v) is 9.20. The van der Waals surface area contributed by atoms with E-state index in [1.54, 1.807) is 36.4 Å². The molecule has 0 heterocycles. The maximum atomic E-state index is 12.1. The van der Waals surface area contributed by atoms with E-state index < -0.39 is 10.1 Å². The molecular formula is C23H31NO6S. The molecular weight excluding hydrogens is 418 g/mol. The van der Waals surface area contributed by atoms with Crippen molar-refractivity contribution in [2.75, 3.05) is 31.7 Å². The van der Waals surface area contributed by atoms with Crippen LogP contribution in [-0.4, -0.2) is 40.8 Å². The van der Waals surface area contributed by atoms with E-state index in [1.165, 1.54) is 12.1 Å². The molecule has 0 aliphatic carbocycles. The van der Waals surface area contributed by atoms with Gasteiger partial charge in [-0.3, -0.25) is 8.98 Å². The predicted molar refractivity (Wildman–Crippen MR) is 120 cm³/mol. The van der Waals surface area contributed by atoms with E-state index in [2.05, 4.69) is 19.2 Å². The summed E-state index contributed by atoms with van der Waals surface area (Å²) in [6.45, 7) is 7.29. The van der Waals surface area contributed by atoms with Gasteiger partial charge in [0.25, 0.3) is 10.1 Å². The van der Waals surface area contributed by atoms with E-state index in [0.29, 0.717) is 43.4 Å². The molecule has 170 valence electrons. The van der Waals surface area contributed by atoms with Gasteiger partial charge in [0.2, 0.25) is 5.91 Å². The average molecular weight is 450 g/mol. The highest BCUT2D eigenvalue weighted by Crippen LogP contribution is 2.17. The fourth-order valence-corrected chi connectivity index (χ4v) is 3.48. The first-order valence-corrected chi connectivity index (χ1v) is 11.7. The summed E-state index contributed by atoms with van der Waals surface area (Å²) in [5.41, 5.74) is 1.64. The lowest BCUT2D eigenvalue weighted by Crippen LogP contribution is -2.13. The lowest BCUT2D eigenvalue weighted by atomic mass is 10.2. The zero-order valence-corrected chi connectivity index (χ0v) is 19.1. The summed E-state index contributed by atoms with van der Waals surface area (Å²) < 4.78 is 40.2. The summed E-state index contributed by atoms with van der Waals surface area (Å²) in [7, 11) is -3.80. The number of hydrogen-bond acceptors (Lipinski definition) is 6. The molecule has 0 aliphatic heterocycles. The zero-order chi connectivity index (χ0) is 22.7. The number of aryl methyl sites for hydroxylation is 1. The predicted octanol–water partition coefficient (Wildman–Crippen LogP) is 4.17. The average Bonchev–Trinajstić information content (AvgIpc) is 2.72. The van der Waals surface area contributed by atoms with Crippen LogP contribution in [0.2, 0.25) is 0 Å². The molecule has 2 aromatic carbocycles. The van der Waals surface area contributed by atoms with Crippen molar-refractivity contribution in [3.63, 3.8) is 0 Å². The molecule has 0 bridgehead atoms. The summed E-state index contributed by atoms with van der Waals surface area (Å²) in [6.07, 6.45) is 1.06. The highest BCUT2D eigenvalue weighted by atomic mass is 32.2. The molecule has 0 aromatic heterocycles. The first-order chi connectivity index (χ1) is 14.8. The van der Waals surface area contributed by atoms with Gasteiger partial charge in [-0.15, -0.1) is 0 Å². The molecule has 2 aromatic rings. The molecule has 2 rings (SSSR count). The number of hydrogen-bond donors (Lipinski definition) is 1. The SMILES string of the molecule is Cc1ccc(S(=O)(=O)OCCOc2ccc(NC(=O)CCCOCC(C)C)cc2)cc1. The lowest BCUT2D eigenvalue weighted by molar-refractivity contribution is -0.116. The van der Waals surface area contributed by atoms with Crippen molar-refractivity contribution in [3.05, 3.63) is 54.1 Å². The Hall–Kier alpha value is -2.42. The molecule has 31 heavy (non-hydrogen) atoms. The van der Waals surface area contributed by atoms with Crippen molar-refractivity contribution in [2.45, 2.75) is 38.5 Å². The fourth-order valence-electron chi connectivity index (χ4n) is 2.59. The molecule has 0 unspecified atom stereocenters. The summed E-state index contributed by atoms with van der Waals surface area (Å²) >= 11 is 0. The first kappa shape index (κ1) is 24.8. The number of rotatable bonds is 13. The second-order valence-electron chi connectivity index (χ2n) is 7.58. The molecule has 0 radical (unpaired) electrons. The smallest absolute Gasteiger partial charge is 0.297 e. The van der Waals surface area contributed by atoms with E-state index in [1.807, 2.05) is 6.92 Å². The third kappa shape index (κ3) is 9.50. The molecule has 0 saturated heterocycles. The van der Waals surface area contributed by atoms with Crippen molar-refractivity contribution in [1.82, 2.24) is 0 Å². The van der Waals surface area contributed by atoms with Gasteiger partial charge >= 0.3 is 0 Å². The minimum Gasteiger partial charge on any atom is -0.491 e. The Morgan fingerprint density at radius 3 is 2.29 bits per heavy atom. The van der Waals surface area contributed by atoms with Crippen molar-refractivity contribution in [1.29, 1.82) is 0 Å². The van der Waals surface area contributed by atoms with Gasteiger partial charge in [0.15, 0.2) is 0 Å². The van der Waals surface area contributed by atoms with Crippen LogP contribution in [0.25, 0.3) is 0 Å². The molecule has 1 N–H and O–H groups in total. The molecule has 0 spiro atoms. The van der Waals surface area contributed by atoms with E-state index in [4.69, 9.17) is 13.7 Å². The third-order valence-corrected chi connectivity index (χ3v) is 5.51. The van der Waals surface area contributed by atoms with E-state index in [0.717, 1.165) is 5.56 Å². The zero-order valence-electron chi connectivity index (χ0n) is 18.3. The van der Waals surface area contributed by atoms with Crippen molar-refractivity contribution in [3.8, 4) is 5.75 Å². The molecule has 7 nitrogen and oxygen atoms in total. The Labute approximate surface area is 184 Å². The highest BCUT2D eigenvalue weighted by Gasteiger charge is 2.14. The maximum absolute atomic E-state index is 12.1. The Bertz CT molecular complexity index is 908. The van der Waals surface area contributed by atoms with Crippen LogP contribution in [0.1, 0.15) is 32.3 Å². The molecule has 0 saturated carbocycles. The van der Waals surface area contributed by atoms with Crippen LogP contribution in [0, 0.1) is 12.8 Å². The van der Waals surface area contributed by atoms with E-state index >= 15 is 0 Å². The van der Waals surface area contributed by atoms with Crippen LogP contribution in [0.4, 0.5) is 5.69 Å². The Balaban J connectivity index is 1.67. The number of anilines is 1. The number of nitrogens with one attached hydrogen (secondary N) is 1. The third-order valence-electron chi connectivity index (χ3n) is 4.18. The second kappa shape index (κ2) is 12.4. The maximum Gasteiger partial charge on any atom is 0.297 e. The largest absolute Gasteiger partial charge is 0.491 e. The summed E-state index contributed by atoms with van der Waals surface area (Å²) in [5, 5.41) is 2.82. The Morgan fingerprint density at radius 2 is 1.65 bits per heavy atom. The fraction of sp³-hybridized carbons (Fsp3) is 0.435. The quantitative estimate of drug-likeness (QED) is 0.365. The van der Waals surface area contributed by atoms with Gasteiger partial charge in [-0.05, 0) is 55.7 Å². The number of amides is 1. The first-order valence-electron chi connectivity index (χ1n) is 10.3. The van der Waals surface area contributed by atoms with Gasteiger partial charge in [-0.2, -0.15) is 8.42 Å². The van der Waals surface area contributed by atoms with Crippen LogP contribution < -0.4 is 10.1 Å². The van der Waals surface area contributed by atoms with Crippen LogP contribution in [-0.2, 0) is 23.8 Å². The van der Waals surface area contributed by atoms with Crippen LogP contribution >= 0.6 is 0 Å². The molecule has 1 amide bonds. The van der Waals surface area contributed by atoms with Gasteiger partial charge in [0.1, 0.15) is 19.0 Å². The van der Waals surface area contributed by atoms with Crippen LogP contribution in [0.3, 0.4) is 0 Å². The van der Waals surface area contributed by atoms with Crippen LogP contribution in [0.15, 0.2) is 53.4 Å². The number of benzene rings is 2. The van der Waals surface area contributed by atoms with Gasteiger partial charge in [0.05, 0.1) is 4.90 Å². The topological polar surface area (TPSA) is 90.9 Å². The normalized spacial score (nSPS) is 11.5. The van der Waals surface area contributed by atoms with Gasteiger partial charge < -0.3 is 14.8 Å². The van der Waals surface area contributed by atoms with Gasteiger partial charge in [-0.25, -0.2) is 0 Å². The number of carbonyl (C=O) groups is 1. The number of carbonyl (C=O) groups excluding carboxylic acids is 1. The number of ether oxygens (including phenoxy) is 2. The van der Waals surface area contributed by atoms with Crippen molar-refractivity contribution >= 4 is 21.7 Å². The minimum atomic E-state index is -3.80. The summed E-state index contributed by atoms with van der Waals surface area (Å²) in [5.74, 6) is 0.965. The highest BCUT2D eigenvalue weighted by molar-refractivity contribution is 7.86. The summed E-state index contributed by atoms with van der Waals surface area (Å²) in [6, 6.07) is 13.3. The molecule has 0 atom stereocenters. The molecule has 8 heteroatoms. The Kier molecular flexibility index (Phi) is 9.97. The standard InChI is InChI=1S/C23H31NO6S/c1-18(2)17-28-14-4-5-23(25)24-20-8-10-21(11-9-20)29-15-16-30-31(26,27)22-12-6-19(3)7-13-22/h6-13,18H,4-5,14-17H2,1-3H3,(H,24,25). The van der Waals surface area contributed by atoms with Gasteiger partial charge in [-0.1, -0.05) is 31.5 Å². The van der Waals surface area contributed by atoms with E-state index in [9.17, 15) is 13.2 Å². The Morgan fingerprint density at radius 1 is 0.968 bits per heavy atom. The minimum absolute atomic E-state index is 0.0727. The van der Waals surface area contributed by atoms with Crippen molar-refractivity contribution < 1.29 is 26.9 Å². The van der Waals surface area contributed by atoms with Crippen molar-refractivity contribution in [2.24, 2.45) is 5.92 Å². The summed E-state index contributed by atoms with van der Waals surface area (Å²) in [4.78, 5) is 12.1. The van der Waals surface area contributed by atoms with E-state index in [-0.39, 0.29) is 24.0 Å². The monoisotopic (exact) mass is 449 g/mol. The van der Waals surface area contributed by atoms with Gasteiger partial charge in [0, 0.05) is 25.3 Å². The molecule has 0 aliphatic rings.